The Bertz CT molecular complexity index is 582. The molecule has 1 heterocycles. The minimum atomic E-state index is -3.39. The van der Waals surface area contributed by atoms with Gasteiger partial charge in [0.25, 0.3) is 0 Å². The van der Waals surface area contributed by atoms with Gasteiger partial charge in [0.15, 0.2) is 0 Å². The van der Waals surface area contributed by atoms with Gasteiger partial charge in [0, 0.05) is 16.0 Å². The minimum Gasteiger partial charge on any atom is -0.322 e. The Morgan fingerprint density at radius 2 is 1.94 bits per heavy atom. The van der Waals surface area contributed by atoms with Crippen molar-refractivity contribution < 1.29 is 8.42 Å². The fourth-order valence-corrected chi connectivity index (χ4v) is 3.62. The van der Waals surface area contributed by atoms with Gasteiger partial charge in [0.1, 0.15) is 0 Å². The quantitative estimate of drug-likeness (QED) is 0.839. The van der Waals surface area contributed by atoms with Crippen molar-refractivity contribution in [1.82, 2.24) is 0 Å². The fourth-order valence-electron chi connectivity index (χ4n) is 1.74. The van der Waals surface area contributed by atoms with Gasteiger partial charge in [-0.15, -0.1) is 0 Å². The summed E-state index contributed by atoms with van der Waals surface area (Å²) in [5.41, 5.74) is 6.53. The monoisotopic (exact) mass is 257 g/mol. The van der Waals surface area contributed by atoms with E-state index < -0.39 is 15.4 Å². The summed E-state index contributed by atoms with van der Waals surface area (Å²) in [4.78, 5) is 0.244. The number of hydrogen-bond donors (Lipinski definition) is 1. The van der Waals surface area contributed by atoms with Crippen LogP contribution in [0.1, 0.15) is 19.4 Å². The van der Waals surface area contributed by atoms with Crippen LogP contribution in [0.3, 0.4) is 0 Å². The average Bonchev–Trinajstić information content (AvgIpc) is 2.38. The Labute approximate surface area is 99.8 Å². The van der Waals surface area contributed by atoms with E-state index in [-0.39, 0.29) is 4.90 Å². The van der Waals surface area contributed by atoms with E-state index in [2.05, 4.69) is 0 Å². The molecule has 2 rings (SSSR count). The molecule has 0 radical (unpaired) electrons. The average molecular weight is 258 g/mol. The zero-order valence-electron chi connectivity index (χ0n) is 8.99. The van der Waals surface area contributed by atoms with Crippen molar-refractivity contribution in [1.29, 1.82) is 0 Å². The molecule has 2 N–H and O–H groups in total. The van der Waals surface area contributed by atoms with Crippen LogP contribution in [0.5, 0.6) is 0 Å². The van der Waals surface area contributed by atoms with Crippen molar-refractivity contribution in [2.75, 3.05) is 0 Å². The molecule has 3 nitrogen and oxygen atoms in total. The molecule has 1 aromatic carbocycles. The van der Waals surface area contributed by atoms with Crippen molar-refractivity contribution in [3.8, 4) is 0 Å². The predicted molar refractivity (Wildman–Crippen MR) is 64.9 cm³/mol. The third-order valence-electron chi connectivity index (χ3n) is 2.51. The molecule has 1 aliphatic heterocycles. The fraction of sp³-hybridized carbons (Fsp3) is 0.273. The smallest absolute Gasteiger partial charge is 0.200 e. The number of benzene rings is 1. The predicted octanol–water partition coefficient (Wildman–Crippen LogP) is 2.21. The lowest BCUT2D eigenvalue weighted by molar-refractivity contribution is 0.605. The van der Waals surface area contributed by atoms with E-state index in [1.165, 1.54) is 11.5 Å². The molecule has 0 aliphatic carbocycles. The van der Waals surface area contributed by atoms with Crippen LogP contribution < -0.4 is 5.73 Å². The maximum Gasteiger partial charge on any atom is 0.200 e. The lowest BCUT2D eigenvalue weighted by atomic mass is 9.91. The Hall–Kier alpha value is -0.840. The standard InChI is InChI=1S/C11H12ClNO2S/c1-11(2,13)9-6-16(14,15)10-5-7(12)3-4-8(9)10/h3-6H,13H2,1-2H3. The van der Waals surface area contributed by atoms with E-state index in [1.54, 1.807) is 26.0 Å². The van der Waals surface area contributed by atoms with Crippen LogP contribution in [0.25, 0.3) is 5.57 Å². The van der Waals surface area contributed by atoms with E-state index in [9.17, 15) is 8.42 Å². The molecule has 1 aliphatic rings. The second-order valence-corrected chi connectivity index (χ2v) is 6.64. The summed E-state index contributed by atoms with van der Waals surface area (Å²) < 4.78 is 23.7. The summed E-state index contributed by atoms with van der Waals surface area (Å²) >= 11 is 5.79. The van der Waals surface area contributed by atoms with Gasteiger partial charge in [-0.25, -0.2) is 8.42 Å². The van der Waals surface area contributed by atoms with Crippen LogP contribution in [0.15, 0.2) is 28.5 Å². The van der Waals surface area contributed by atoms with Crippen LogP contribution in [0.4, 0.5) is 0 Å². The Balaban J connectivity index is 2.75. The van der Waals surface area contributed by atoms with Gasteiger partial charge in [0.05, 0.1) is 4.90 Å². The summed E-state index contributed by atoms with van der Waals surface area (Å²) in [5.74, 6) is 0. The Morgan fingerprint density at radius 3 is 2.50 bits per heavy atom. The van der Waals surface area contributed by atoms with Crippen molar-refractivity contribution in [3.63, 3.8) is 0 Å². The first-order chi connectivity index (χ1) is 7.22. The lowest BCUT2D eigenvalue weighted by Crippen LogP contribution is -2.32. The van der Waals surface area contributed by atoms with E-state index in [0.29, 0.717) is 16.2 Å². The maximum atomic E-state index is 11.9. The third kappa shape index (κ3) is 1.77. The van der Waals surface area contributed by atoms with Crippen LogP contribution >= 0.6 is 11.6 Å². The first kappa shape index (κ1) is 11.6. The first-order valence-electron chi connectivity index (χ1n) is 4.78. The minimum absolute atomic E-state index is 0.244. The number of nitrogens with two attached hydrogens (primary N) is 1. The van der Waals surface area contributed by atoms with E-state index >= 15 is 0 Å². The molecular weight excluding hydrogens is 246 g/mol. The topological polar surface area (TPSA) is 60.2 Å². The molecule has 0 bridgehead atoms. The summed E-state index contributed by atoms with van der Waals surface area (Å²) in [7, 11) is -3.39. The molecule has 0 aromatic heterocycles. The number of fused-ring (bicyclic) bond motifs is 1. The second-order valence-electron chi connectivity index (χ2n) is 4.44. The molecule has 0 atom stereocenters. The molecule has 0 fully saturated rings. The van der Waals surface area contributed by atoms with Gasteiger partial charge >= 0.3 is 0 Å². The molecule has 86 valence electrons. The van der Waals surface area contributed by atoms with Crippen LogP contribution in [0.2, 0.25) is 5.02 Å². The summed E-state index contributed by atoms with van der Waals surface area (Å²) in [6.07, 6.45) is 0. The van der Waals surface area contributed by atoms with Gasteiger partial charge < -0.3 is 5.73 Å². The molecule has 0 amide bonds. The molecular formula is C11H12ClNO2S. The van der Waals surface area contributed by atoms with Crippen LogP contribution in [-0.2, 0) is 9.84 Å². The SMILES string of the molecule is CC(C)(N)C1=CS(=O)(=O)c2cc(Cl)ccc21. The highest BCUT2D eigenvalue weighted by molar-refractivity contribution is 7.95. The van der Waals surface area contributed by atoms with Crippen molar-refractivity contribution in [3.05, 3.63) is 34.2 Å². The molecule has 16 heavy (non-hydrogen) atoms. The number of hydrogen-bond acceptors (Lipinski definition) is 3. The summed E-state index contributed by atoms with van der Waals surface area (Å²) in [6, 6.07) is 4.82. The highest BCUT2D eigenvalue weighted by Crippen LogP contribution is 2.39. The van der Waals surface area contributed by atoms with E-state index in [0.717, 1.165) is 0 Å². The Kier molecular flexibility index (Phi) is 2.42. The largest absolute Gasteiger partial charge is 0.322 e. The van der Waals surface area contributed by atoms with Gasteiger partial charge in [-0.05, 0) is 37.1 Å². The second kappa shape index (κ2) is 3.32. The summed E-state index contributed by atoms with van der Waals surface area (Å²) in [5, 5.41) is 1.64. The highest BCUT2D eigenvalue weighted by Gasteiger charge is 2.33. The number of sulfone groups is 1. The normalized spacial score (nSPS) is 18.1. The van der Waals surface area contributed by atoms with Crippen LogP contribution in [-0.4, -0.2) is 14.0 Å². The van der Waals surface area contributed by atoms with Gasteiger partial charge in [-0.2, -0.15) is 0 Å². The molecule has 0 spiro atoms. The number of halogens is 1. The molecule has 1 aromatic rings. The van der Waals surface area contributed by atoms with E-state index in [4.69, 9.17) is 17.3 Å². The van der Waals surface area contributed by atoms with Gasteiger partial charge in [-0.1, -0.05) is 17.7 Å². The molecule has 0 unspecified atom stereocenters. The van der Waals surface area contributed by atoms with Crippen LogP contribution in [0, 0.1) is 0 Å². The molecule has 0 saturated carbocycles. The summed E-state index contributed by atoms with van der Waals surface area (Å²) in [6.45, 7) is 3.55. The van der Waals surface area contributed by atoms with Gasteiger partial charge in [0.2, 0.25) is 9.84 Å². The van der Waals surface area contributed by atoms with Crippen molar-refractivity contribution in [2.45, 2.75) is 24.3 Å². The zero-order chi connectivity index (χ0) is 12.1. The lowest BCUT2D eigenvalue weighted by Gasteiger charge is -2.20. The van der Waals surface area contributed by atoms with Crippen molar-refractivity contribution >= 4 is 27.0 Å². The van der Waals surface area contributed by atoms with E-state index in [1.807, 2.05) is 0 Å². The zero-order valence-corrected chi connectivity index (χ0v) is 10.6. The third-order valence-corrected chi connectivity index (χ3v) is 4.24. The maximum absolute atomic E-state index is 11.9. The molecule has 0 saturated heterocycles. The van der Waals surface area contributed by atoms with Gasteiger partial charge in [-0.3, -0.25) is 0 Å². The highest BCUT2D eigenvalue weighted by atomic mass is 35.5. The first-order valence-corrected chi connectivity index (χ1v) is 6.70. The van der Waals surface area contributed by atoms with Crippen molar-refractivity contribution in [2.24, 2.45) is 5.73 Å². The molecule has 5 heteroatoms. The Morgan fingerprint density at radius 1 is 1.31 bits per heavy atom. The number of rotatable bonds is 1.